The monoisotopic (exact) mass is 192 g/mol. The lowest BCUT2D eigenvalue weighted by Crippen LogP contribution is -1.96. The molecule has 0 N–H and O–H groups in total. The Morgan fingerprint density at radius 1 is 2.00 bits per heavy atom. The third-order valence-electron chi connectivity index (χ3n) is 0.919. The van der Waals surface area contributed by atoms with Crippen LogP contribution in [0.5, 0.6) is 0 Å². The van der Waals surface area contributed by atoms with Crippen molar-refractivity contribution in [2.24, 2.45) is 0 Å². The van der Waals surface area contributed by atoms with Gasteiger partial charge < -0.3 is 4.79 Å². The molecule has 1 rings (SSSR count). The highest BCUT2D eigenvalue weighted by Gasteiger charge is 2.13. The van der Waals surface area contributed by atoms with Crippen LogP contribution in [-0.2, 0) is 4.79 Å². The Balaban J connectivity index is 2.43. The van der Waals surface area contributed by atoms with Crippen molar-refractivity contribution in [2.45, 2.75) is 11.7 Å². The van der Waals surface area contributed by atoms with E-state index in [4.69, 9.17) is 0 Å². The van der Waals surface area contributed by atoms with Gasteiger partial charge in [-0.15, -0.1) is 11.8 Å². The van der Waals surface area contributed by atoms with Crippen LogP contribution in [0.2, 0.25) is 0 Å². The standard InChI is InChI=1S/C5H5BrOS/c6-4-1-5(2-7)8-3-4/h2-3,5H,1H2. The van der Waals surface area contributed by atoms with Gasteiger partial charge in [0.2, 0.25) is 0 Å². The Morgan fingerprint density at radius 3 is 3.00 bits per heavy atom. The lowest BCUT2D eigenvalue weighted by Gasteiger charge is -1.92. The van der Waals surface area contributed by atoms with Crippen LogP contribution >= 0.6 is 27.7 Å². The minimum atomic E-state index is 0.171. The van der Waals surface area contributed by atoms with Gasteiger partial charge in [-0.2, -0.15) is 0 Å². The van der Waals surface area contributed by atoms with Crippen LogP contribution in [0.15, 0.2) is 9.89 Å². The fourth-order valence-corrected chi connectivity index (χ4v) is 2.18. The smallest absolute Gasteiger partial charge is 0.133 e. The Hall–Kier alpha value is 0.240. The molecule has 1 aliphatic heterocycles. The van der Waals surface area contributed by atoms with Crippen LogP contribution in [0.1, 0.15) is 6.42 Å². The Bertz CT molecular complexity index is 132. The summed E-state index contributed by atoms with van der Waals surface area (Å²) >= 11 is 4.87. The fraction of sp³-hybridized carbons (Fsp3) is 0.400. The molecule has 3 heteroatoms. The van der Waals surface area contributed by atoms with Gasteiger partial charge in [-0.25, -0.2) is 0 Å². The van der Waals surface area contributed by atoms with Crippen LogP contribution in [0, 0.1) is 0 Å². The summed E-state index contributed by atoms with van der Waals surface area (Å²) in [5, 5.41) is 2.14. The third kappa shape index (κ3) is 1.36. The van der Waals surface area contributed by atoms with Gasteiger partial charge in [0, 0.05) is 4.48 Å². The summed E-state index contributed by atoms with van der Waals surface area (Å²) in [6, 6.07) is 0. The molecule has 0 radical (unpaired) electrons. The normalized spacial score (nSPS) is 27.6. The lowest BCUT2D eigenvalue weighted by atomic mass is 10.3. The summed E-state index contributed by atoms with van der Waals surface area (Å²) in [7, 11) is 0. The Labute approximate surface area is 60.7 Å². The molecule has 0 saturated carbocycles. The van der Waals surface area contributed by atoms with E-state index in [0.29, 0.717) is 0 Å². The van der Waals surface area contributed by atoms with E-state index in [2.05, 4.69) is 15.9 Å². The SMILES string of the molecule is O=CC1CC(Br)=CS1. The predicted molar refractivity (Wildman–Crippen MR) is 39.1 cm³/mol. The number of carbonyl (C=O) groups is 1. The average Bonchev–Trinajstić information content (AvgIpc) is 2.14. The molecule has 1 heterocycles. The molecule has 0 fully saturated rings. The molecular formula is C5H5BrOS. The van der Waals surface area contributed by atoms with Gasteiger partial charge in [0.05, 0.1) is 5.25 Å². The van der Waals surface area contributed by atoms with Crippen molar-refractivity contribution >= 4 is 34.0 Å². The van der Waals surface area contributed by atoms with E-state index in [0.717, 1.165) is 17.2 Å². The van der Waals surface area contributed by atoms with Gasteiger partial charge >= 0.3 is 0 Å². The summed E-state index contributed by atoms with van der Waals surface area (Å²) in [5.74, 6) is 0. The number of hydrogen-bond acceptors (Lipinski definition) is 2. The van der Waals surface area contributed by atoms with Crippen molar-refractivity contribution in [3.05, 3.63) is 9.89 Å². The van der Waals surface area contributed by atoms with Crippen LogP contribution in [0.25, 0.3) is 0 Å². The number of thioether (sulfide) groups is 1. The predicted octanol–water partition coefficient (Wildman–Crippen LogP) is 1.93. The van der Waals surface area contributed by atoms with Crippen molar-refractivity contribution in [1.82, 2.24) is 0 Å². The molecule has 0 amide bonds. The highest BCUT2D eigenvalue weighted by molar-refractivity contribution is 9.11. The van der Waals surface area contributed by atoms with E-state index in [1.807, 2.05) is 5.41 Å². The van der Waals surface area contributed by atoms with E-state index in [9.17, 15) is 4.79 Å². The molecule has 0 saturated heterocycles. The number of allylic oxidation sites excluding steroid dienone is 1. The zero-order chi connectivity index (χ0) is 5.98. The van der Waals surface area contributed by atoms with Gasteiger partial charge in [0.25, 0.3) is 0 Å². The van der Waals surface area contributed by atoms with Gasteiger partial charge in [-0.1, -0.05) is 15.9 Å². The second-order valence-corrected chi connectivity index (χ2v) is 3.71. The van der Waals surface area contributed by atoms with E-state index in [-0.39, 0.29) is 5.25 Å². The maximum Gasteiger partial charge on any atom is 0.133 e. The van der Waals surface area contributed by atoms with E-state index in [1.165, 1.54) is 0 Å². The zero-order valence-electron chi connectivity index (χ0n) is 4.13. The number of halogens is 1. The van der Waals surface area contributed by atoms with Crippen LogP contribution in [0.3, 0.4) is 0 Å². The fourth-order valence-electron chi connectivity index (χ4n) is 0.530. The molecule has 8 heavy (non-hydrogen) atoms. The first-order valence-corrected chi connectivity index (χ1v) is 4.02. The number of aldehydes is 1. The molecular weight excluding hydrogens is 188 g/mol. The molecule has 1 unspecified atom stereocenters. The van der Waals surface area contributed by atoms with Gasteiger partial charge in [-0.05, 0) is 11.8 Å². The largest absolute Gasteiger partial charge is 0.302 e. The van der Waals surface area contributed by atoms with Crippen molar-refractivity contribution in [1.29, 1.82) is 0 Å². The maximum absolute atomic E-state index is 10.1. The summed E-state index contributed by atoms with van der Waals surface area (Å²) in [5.41, 5.74) is 0. The topological polar surface area (TPSA) is 17.1 Å². The van der Waals surface area contributed by atoms with Gasteiger partial charge in [0.1, 0.15) is 6.29 Å². The number of carbonyl (C=O) groups excluding carboxylic acids is 1. The lowest BCUT2D eigenvalue weighted by molar-refractivity contribution is -0.107. The first-order chi connectivity index (χ1) is 3.83. The molecule has 0 bridgehead atoms. The van der Waals surface area contributed by atoms with Crippen LogP contribution < -0.4 is 0 Å². The maximum atomic E-state index is 10.1. The summed E-state index contributed by atoms with van der Waals surface area (Å²) in [4.78, 5) is 10.1. The molecule has 1 aliphatic rings. The number of hydrogen-bond donors (Lipinski definition) is 0. The Kier molecular flexibility index (Phi) is 2.14. The highest BCUT2D eigenvalue weighted by atomic mass is 79.9. The van der Waals surface area contributed by atoms with E-state index in [1.54, 1.807) is 11.8 Å². The van der Waals surface area contributed by atoms with Crippen molar-refractivity contribution in [3.63, 3.8) is 0 Å². The summed E-state index contributed by atoms with van der Waals surface area (Å²) < 4.78 is 1.14. The average molecular weight is 193 g/mol. The van der Waals surface area contributed by atoms with Crippen molar-refractivity contribution in [2.75, 3.05) is 0 Å². The third-order valence-corrected chi connectivity index (χ3v) is 2.82. The Morgan fingerprint density at radius 2 is 2.75 bits per heavy atom. The van der Waals surface area contributed by atoms with Crippen LogP contribution in [-0.4, -0.2) is 11.5 Å². The first kappa shape index (κ1) is 6.36. The molecule has 0 aromatic rings. The quantitative estimate of drug-likeness (QED) is 0.592. The second-order valence-electron chi connectivity index (χ2n) is 1.58. The van der Waals surface area contributed by atoms with E-state index >= 15 is 0 Å². The highest BCUT2D eigenvalue weighted by Crippen LogP contribution is 2.31. The van der Waals surface area contributed by atoms with Crippen LogP contribution in [0.4, 0.5) is 0 Å². The molecule has 1 nitrogen and oxygen atoms in total. The minimum Gasteiger partial charge on any atom is -0.302 e. The van der Waals surface area contributed by atoms with Crippen molar-refractivity contribution in [3.8, 4) is 0 Å². The molecule has 0 spiro atoms. The second kappa shape index (κ2) is 2.69. The van der Waals surface area contributed by atoms with Gasteiger partial charge in [0.15, 0.2) is 0 Å². The van der Waals surface area contributed by atoms with Crippen molar-refractivity contribution < 1.29 is 4.79 Å². The molecule has 0 aromatic carbocycles. The summed E-state index contributed by atoms with van der Waals surface area (Å²) in [6.45, 7) is 0. The molecule has 0 aromatic heterocycles. The zero-order valence-corrected chi connectivity index (χ0v) is 6.54. The molecule has 1 atom stereocenters. The minimum absolute atomic E-state index is 0.171. The number of rotatable bonds is 1. The van der Waals surface area contributed by atoms with E-state index < -0.39 is 0 Å². The molecule has 44 valence electrons. The summed E-state index contributed by atoms with van der Waals surface area (Å²) in [6.07, 6.45) is 1.85. The van der Waals surface area contributed by atoms with Gasteiger partial charge in [-0.3, -0.25) is 0 Å². The molecule has 0 aliphatic carbocycles. The first-order valence-electron chi connectivity index (χ1n) is 2.28.